The molecule has 0 aliphatic heterocycles. The highest BCUT2D eigenvalue weighted by atomic mass is 16.3. The molecular formula is C18H26O2. The van der Waals surface area contributed by atoms with Gasteiger partial charge in [0.25, 0.3) is 0 Å². The first-order chi connectivity index (χ1) is 9.70. The van der Waals surface area contributed by atoms with E-state index in [1.807, 2.05) is 30.3 Å². The fourth-order valence-corrected chi connectivity index (χ4v) is 2.46. The molecule has 0 spiro atoms. The van der Waals surface area contributed by atoms with Crippen molar-refractivity contribution in [1.82, 2.24) is 0 Å². The zero-order valence-electron chi connectivity index (χ0n) is 12.4. The van der Waals surface area contributed by atoms with Crippen molar-refractivity contribution in [3.05, 3.63) is 48.6 Å². The Kier molecular flexibility index (Phi) is 7.89. The number of ketones is 1. The van der Waals surface area contributed by atoms with Crippen LogP contribution in [0, 0.1) is 5.92 Å². The monoisotopic (exact) mass is 274 g/mol. The van der Waals surface area contributed by atoms with Gasteiger partial charge in [-0.3, -0.25) is 4.79 Å². The van der Waals surface area contributed by atoms with Crippen LogP contribution in [0.3, 0.4) is 0 Å². The van der Waals surface area contributed by atoms with Gasteiger partial charge in [-0.25, -0.2) is 0 Å². The van der Waals surface area contributed by atoms with E-state index in [2.05, 4.69) is 13.5 Å². The van der Waals surface area contributed by atoms with E-state index in [1.54, 1.807) is 6.08 Å². The number of carbonyl (C=O) groups excluding carboxylic acids is 1. The number of aliphatic hydroxyl groups is 1. The SMILES string of the molecule is C=CCC(=O)[C@@H](CCCCCC)[C@@H](O)c1ccccc1. The molecule has 1 N–H and O–H groups in total. The summed E-state index contributed by atoms with van der Waals surface area (Å²) in [6, 6.07) is 9.46. The number of aliphatic hydroxyl groups excluding tert-OH is 1. The largest absolute Gasteiger partial charge is 0.388 e. The second-order valence-corrected chi connectivity index (χ2v) is 5.27. The van der Waals surface area contributed by atoms with Crippen molar-refractivity contribution < 1.29 is 9.90 Å². The van der Waals surface area contributed by atoms with Gasteiger partial charge in [0, 0.05) is 12.3 Å². The lowest BCUT2D eigenvalue weighted by molar-refractivity contribution is -0.126. The predicted octanol–water partition coefficient (Wildman–Crippen LogP) is 4.45. The summed E-state index contributed by atoms with van der Waals surface area (Å²) in [5.41, 5.74) is 0.824. The van der Waals surface area contributed by atoms with E-state index in [0.717, 1.165) is 24.8 Å². The molecule has 0 saturated heterocycles. The van der Waals surface area contributed by atoms with Crippen LogP contribution in [0.5, 0.6) is 0 Å². The number of Topliss-reactive ketones (excluding diaryl/α,β-unsaturated/α-hetero) is 1. The van der Waals surface area contributed by atoms with E-state index in [0.29, 0.717) is 6.42 Å². The third-order valence-corrected chi connectivity index (χ3v) is 3.65. The number of hydrogen-bond donors (Lipinski definition) is 1. The molecule has 1 aromatic rings. The lowest BCUT2D eigenvalue weighted by Gasteiger charge is -2.22. The van der Waals surface area contributed by atoms with Crippen molar-refractivity contribution in [2.45, 2.75) is 51.6 Å². The summed E-state index contributed by atoms with van der Waals surface area (Å²) in [5, 5.41) is 10.5. The van der Waals surface area contributed by atoms with Crippen LogP contribution < -0.4 is 0 Å². The van der Waals surface area contributed by atoms with Gasteiger partial charge >= 0.3 is 0 Å². The Morgan fingerprint density at radius 1 is 1.25 bits per heavy atom. The van der Waals surface area contributed by atoms with Crippen LogP contribution in [0.15, 0.2) is 43.0 Å². The Bertz CT molecular complexity index is 397. The molecule has 1 aromatic carbocycles. The van der Waals surface area contributed by atoms with Crippen molar-refractivity contribution in [3.8, 4) is 0 Å². The molecule has 0 unspecified atom stereocenters. The summed E-state index contributed by atoms with van der Waals surface area (Å²) >= 11 is 0. The van der Waals surface area contributed by atoms with Crippen LogP contribution >= 0.6 is 0 Å². The third kappa shape index (κ3) is 5.30. The maximum atomic E-state index is 12.2. The fraction of sp³-hybridized carbons (Fsp3) is 0.500. The topological polar surface area (TPSA) is 37.3 Å². The predicted molar refractivity (Wildman–Crippen MR) is 83.5 cm³/mol. The van der Waals surface area contributed by atoms with Crippen LogP contribution in [0.4, 0.5) is 0 Å². The van der Waals surface area contributed by atoms with Gasteiger partial charge in [0.05, 0.1) is 6.10 Å². The van der Waals surface area contributed by atoms with Gasteiger partial charge in [0.1, 0.15) is 5.78 Å². The maximum absolute atomic E-state index is 12.2. The van der Waals surface area contributed by atoms with Crippen molar-refractivity contribution in [1.29, 1.82) is 0 Å². The minimum Gasteiger partial charge on any atom is -0.388 e. The molecule has 1 rings (SSSR count). The number of benzene rings is 1. The van der Waals surface area contributed by atoms with Crippen molar-refractivity contribution in [2.75, 3.05) is 0 Å². The second-order valence-electron chi connectivity index (χ2n) is 5.27. The first-order valence-corrected chi connectivity index (χ1v) is 7.57. The summed E-state index contributed by atoms with van der Waals surface area (Å²) in [7, 11) is 0. The molecule has 0 radical (unpaired) electrons. The normalized spacial score (nSPS) is 13.7. The maximum Gasteiger partial charge on any atom is 0.142 e. The third-order valence-electron chi connectivity index (χ3n) is 3.65. The fourth-order valence-electron chi connectivity index (χ4n) is 2.46. The standard InChI is InChI=1S/C18H26O2/c1-3-5-6-10-14-16(17(19)11-4-2)18(20)15-12-8-7-9-13-15/h4,7-9,12-13,16,18,20H,2-3,5-6,10-11,14H2,1H3/t16-,18+/m1/s1. The lowest BCUT2D eigenvalue weighted by atomic mass is 9.86. The summed E-state index contributed by atoms with van der Waals surface area (Å²) in [6.07, 6.45) is 6.48. The van der Waals surface area contributed by atoms with Gasteiger partial charge in [-0.1, -0.05) is 69.0 Å². The molecule has 20 heavy (non-hydrogen) atoms. The minimum atomic E-state index is -0.703. The Morgan fingerprint density at radius 3 is 2.55 bits per heavy atom. The van der Waals surface area contributed by atoms with Gasteiger partial charge in [-0.15, -0.1) is 6.58 Å². The molecule has 0 fully saturated rings. The summed E-state index contributed by atoms with van der Waals surface area (Å²) in [4.78, 5) is 12.2. The number of allylic oxidation sites excluding steroid dienone is 1. The van der Waals surface area contributed by atoms with E-state index >= 15 is 0 Å². The van der Waals surface area contributed by atoms with Crippen LogP contribution in [-0.4, -0.2) is 10.9 Å². The molecule has 0 amide bonds. The van der Waals surface area contributed by atoms with Crippen molar-refractivity contribution >= 4 is 5.78 Å². The van der Waals surface area contributed by atoms with Crippen LogP contribution in [0.1, 0.15) is 57.1 Å². The number of carbonyl (C=O) groups is 1. The molecule has 2 atom stereocenters. The molecule has 0 saturated carbocycles. The Morgan fingerprint density at radius 2 is 1.95 bits per heavy atom. The number of unbranched alkanes of at least 4 members (excludes halogenated alkanes) is 3. The van der Waals surface area contributed by atoms with Gasteiger partial charge in [0.2, 0.25) is 0 Å². The quantitative estimate of drug-likeness (QED) is 0.505. The second kappa shape index (κ2) is 9.49. The average Bonchev–Trinajstić information content (AvgIpc) is 2.48. The molecule has 0 aliphatic carbocycles. The zero-order valence-corrected chi connectivity index (χ0v) is 12.4. The van der Waals surface area contributed by atoms with Crippen LogP contribution in [0.2, 0.25) is 0 Å². The van der Waals surface area contributed by atoms with Gasteiger partial charge < -0.3 is 5.11 Å². The molecule has 0 bridgehead atoms. The number of hydrogen-bond acceptors (Lipinski definition) is 2. The van der Waals surface area contributed by atoms with Crippen molar-refractivity contribution in [2.24, 2.45) is 5.92 Å². The summed E-state index contributed by atoms with van der Waals surface area (Å²) < 4.78 is 0. The number of rotatable bonds is 10. The Hall–Kier alpha value is -1.41. The average molecular weight is 274 g/mol. The van der Waals surface area contributed by atoms with E-state index in [9.17, 15) is 9.90 Å². The van der Waals surface area contributed by atoms with E-state index in [4.69, 9.17) is 0 Å². The molecule has 2 heteroatoms. The Balaban J connectivity index is 2.70. The Labute approximate surface area is 122 Å². The van der Waals surface area contributed by atoms with E-state index in [1.165, 1.54) is 12.8 Å². The lowest BCUT2D eigenvalue weighted by Crippen LogP contribution is -2.22. The molecule has 0 aromatic heterocycles. The molecule has 0 heterocycles. The highest BCUT2D eigenvalue weighted by molar-refractivity contribution is 5.83. The smallest absolute Gasteiger partial charge is 0.142 e. The van der Waals surface area contributed by atoms with Crippen LogP contribution in [-0.2, 0) is 4.79 Å². The van der Waals surface area contributed by atoms with E-state index < -0.39 is 6.10 Å². The summed E-state index contributed by atoms with van der Waals surface area (Å²) in [6.45, 7) is 5.79. The molecule has 0 aliphatic rings. The van der Waals surface area contributed by atoms with Gasteiger partial charge in [0.15, 0.2) is 0 Å². The van der Waals surface area contributed by atoms with Gasteiger partial charge in [-0.2, -0.15) is 0 Å². The zero-order chi connectivity index (χ0) is 14.8. The highest BCUT2D eigenvalue weighted by Crippen LogP contribution is 2.28. The van der Waals surface area contributed by atoms with E-state index in [-0.39, 0.29) is 11.7 Å². The first-order valence-electron chi connectivity index (χ1n) is 7.57. The highest BCUT2D eigenvalue weighted by Gasteiger charge is 2.26. The van der Waals surface area contributed by atoms with Crippen molar-refractivity contribution in [3.63, 3.8) is 0 Å². The molecular weight excluding hydrogens is 248 g/mol. The molecule has 2 nitrogen and oxygen atoms in total. The first kappa shape index (κ1) is 16.6. The summed E-state index contributed by atoms with van der Waals surface area (Å²) in [5.74, 6) is -0.222. The van der Waals surface area contributed by atoms with Gasteiger partial charge in [-0.05, 0) is 12.0 Å². The van der Waals surface area contributed by atoms with Crippen LogP contribution in [0.25, 0.3) is 0 Å². The molecule has 110 valence electrons. The minimum absolute atomic E-state index is 0.0906.